The number of carbonyl (C=O) groups is 1. The van der Waals surface area contributed by atoms with Crippen LogP contribution in [0.25, 0.3) is 10.9 Å². The van der Waals surface area contributed by atoms with Crippen molar-refractivity contribution in [3.63, 3.8) is 0 Å². The Morgan fingerprint density at radius 2 is 1.94 bits per heavy atom. The van der Waals surface area contributed by atoms with Crippen LogP contribution in [0.1, 0.15) is 18.6 Å². The van der Waals surface area contributed by atoms with E-state index in [4.69, 9.17) is 4.74 Å². The molecule has 1 amide bonds. The molecule has 0 aliphatic heterocycles. The van der Waals surface area contributed by atoms with Crippen molar-refractivity contribution >= 4 is 34.3 Å². The van der Waals surface area contributed by atoms with E-state index in [1.807, 2.05) is 41.8 Å². The van der Waals surface area contributed by atoms with Crippen molar-refractivity contribution in [3.8, 4) is 5.75 Å². The van der Waals surface area contributed by atoms with Crippen LogP contribution in [0.15, 0.2) is 58.5 Å². The van der Waals surface area contributed by atoms with E-state index in [-0.39, 0.29) is 17.9 Å². The molecule has 2 N–H and O–H groups in total. The third-order valence-electron chi connectivity index (χ3n) is 4.81. The standard InChI is InChI=1S/C22H22N6O3S/c1-3-28-19(12-20(29)24-16-10-6-7-11-17(16)31-2)26-27-22(28)32-13-18-23-15-9-5-4-8-14(15)21(30)25-18/h4-11H,3,12-13H2,1-2H3,(H,24,29)(H,23,25,30). The molecule has 0 aliphatic rings. The van der Waals surface area contributed by atoms with E-state index < -0.39 is 0 Å². The summed E-state index contributed by atoms with van der Waals surface area (Å²) in [5, 5.41) is 12.5. The Kier molecular flexibility index (Phi) is 6.50. The van der Waals surface area contributed by atoms with Crippen LogP contribution in [0, 0.1) is 0 Å². The van der Waals surface area contributed by atoms with Gasteiger partial charge in [0.15, 0.2) is 5.16 Å². The quantitative estimate of drug-likeness (QED) is 0.397. The number of aromatic amines is 1. The van der Waals surface area contributed by atoms with Crippen LogP contribution >= 0.6 is 11.8 Å². The molecule has 0 aliphatic carbocycles. The fourth-order valence-electron chi connectivity index (χ4n) is 3.30. The SMILES string of the molecule is CCn1c(CC(=O)Nc2ccccc2OC)nnc1SCc1nc2ccccc2c(=O)[nH]1. The molecule has 2 aromatic heterocycles. The number of para-hydroxylation sites is 3. The molecule has 10 heteroatoms. The first-order valence-electron chi connectivity index (χ1n) is 10.0. The first-order valence-corrected chi connectivity index (χ1v) is 11.0. The molecule has 2 heterocycles. The zero-order chi connectivity index (χ0) is 22.5. The summed E-state index contributed by atoms with van der Waals surface area (Å²) in [6.45, 7) is 2.57. The van der Waals surface area contributed by atoms with Gasteiger partial charge in [0.1, 0.15) is 17.4 Å². The van der Waals surface area contributed by atoms with E-state index in [9.17, 15) is 9.59 Å². The van der Waals surface area contributed by atoms with E-state index in [0.717, 1.165) is 0 Å². The smallest absolute Gasteiger partial charge is 0.258 e. The van der Waals surface area contributed by atoms with E-state index in [0.29, 0.717) is 51.4 Å². The molecule has 0 bridgehead atoms. The van der Waals surface area contributed by atoms with E-state index in [1.165, 1.54) is 11.8 Å². The van der Waals surface area contributed by atoms with Crippen LogP contribution in [0.4, 0.5) is 5.69 Å². The average Bonchev–Trinajstić information content (AvgIpc) is 3.19. The number of hydrogen-bond acceptors (Lipinski definition) is 7. The van der Waals surface area contributed by atoms with Crippen LogP contribution < -0.4 is 15.6 Å². The topological polar surface area (TPSA) is 115 Å². The average molecular weight is 451 g/mol. The number of hydrogen-bond donors (Lipinski definition) is 2. The Bertz CT molecular complexity index is 1320. The third-order valence-corrected chi connectivity index (χ3v) is 5.79. The Morgan fingerprint density at radius 1 is 1.16 bits per heavy atom. The number of anilines is 1. The van der Waals surface area contributed by atoms with Crippen LogP contribution in [0.3, 0.4) is 0 Å². The van der Waals surface area contributed by atoms with Gasteiger partial charge in [-0.1, -0.05) is 36.0 Å². The maximum Gasteiger partial charge on any atom is 0.258 e. The number of methoxy groups -OCH3 is 1. The summed E-state index contributed by atoms with van der Waals surface area (Å²) in [5.41, 5.74) is 1.08. The van der Waals surface area contributed by atoms with Gasteiger partial charge in [-0.05, 0) is 31.2 Å². The number of thioether (sulfide) groups is 1. The van der Waals surface area contributed by atoms with E-state index in [2.05, 4.69) is 25.5 Å². The second-order valence-electron chi connectivity index (χ2n) is 6.89. The second kappa shape index (κ2) is 9.65. The zero-order valence-electron chi connectivity index (χ0n) is 17.7. The fourth-order valence-corrected chi connectivity index (χ4v) is 4.19. The van der Waals surface area contributed by atoms with Crippen LogP contribution in [-0.2, 0) is 23.5 Å². The van der Waals surface area contributed by atoms with Crippen molar-refractivity contribution in [1.29, 1.82) is 0 Å². The van der Waals surface area contributed by atoms with Gasteiger partial charge in [-0.3, -0.25) is 9.59 Å². The number of carbonyl (C=O) groups excluding carboxylic acids is 1. The van der Waals surface area contributed by atoms with Gasteiger partial charge in [-0.25, -0.2) is 4.98 Å². The zero-order valence-corrected chi connectivity index (χ0v) is 18.5. The summed E-state index contributed by atoms with van der Waals surface area (Å²) in [7, 11) is 1.56. The van der Waals surface area contributed by atoms with Gasteiger partial charge in [-0.2, -0.15) is 0 Å². The van der Waals surface area contributed by atoms with E-state index >= 15 is 0 Å². The number of benzene rings is 2. The molecule has 32 heavy (non-hydrogen) atoms. The molecular weight excluding hydrogens is 428 g/mol. The minimum Gasteiger partial charge on any atom is -0.495 e. The third kappa shape index (κ3) is 4.65. The Balaban J connectivity index is 1.46. The maximum absolute atomic E-state index is 12.6. The molecule has 4 aromatic rings. The highest BCUT2D eigenvalue weighted by molar-refractivity contribution is 7.98. The lowest BCUT2D eigenvalue weighted by Gasteiger charge is -2.10. The molecular formula is C22H22N6O3S. The van der Waals surface area contributed by atoms with Crippen molar-refractivity contribution in [2.45, 2.75) is 30.8 Å². The van der Waals surface area contributed by atoms with Crippen molar-refractivity contribution in [1.82, 2.24) is 24.7 Å². The number of fused-ring (bicyclic) bond motifs is 1. The summed E-state index contributed by atoms with van der Waals surface area (Å²) in [6.07, 6.45) is 0.0739. The van der Waals surface area contributed by atoms with Gasteiger partial charge in [0, 0.05) is 6.54 Å². The largest absolute Gasteiger partial charge is 0.495 e. The molecule has 4 rings (SSSR count). The number of aromatic nitrogens is 5. The first-order chi connectivity index (χ1) is 15.6. The predicted octanol–water partition coefficient (Wildman–Crippen LogP) is 3.02. The predicted molar refractivity (Wildman–Crippen MR) is 123 cm³/mol. The molecule has 2 aromatic carbocycles. The molecule has 0 saturated carbocycles. The molecule has 0 unspecified atom stereocenters. The first kappa shape index (κ1) is 21.6. The molecule has 0 saturated heterocycles. The normalized spacial score (nSPS) is 10.9. The minimum atomic E-state index is -0.214. The van der Waals surface area contributed by atoms with Crippen LogP contribution in [0.2, 0.25) is 0 Å². The lowest BCUT2D eigenvalue weighted by atomic mass is 10.2. The molecule has 164 valence electrons. The minimum absolute atomic E-state index is 0.0739. The number of amides is 1. The van der Waals surface area contributed by atoms with Gasteiger partial charge in [-0.15, -0.1) is 10.2 Å². The van der Waals surface area contributed by atoms with Gasteiger partial charge < -0.3 is 19.6 Å². The van der Waals surface area contributed by atoms with Crippen molar-refractivity contribution in [2.75, 3.05) is 12.4 Å². The van der Waals surface area contributed by atoms with Gasteiger partial charge in [0.05, 0.1) is 35.9 Å². The molecule has 0 radical (unpaired) electrons. The maximum atomic E-state index is 12.6. The molecule has 0 atom stereocenters. The lowest BCUT2D eigenvalue weighted by molar-refractivity contribution is -0.115. The number of rotatable bonds is 8. The van der Waals surface area contributed by atoms with Gasteiger partial charge >= 0.3 is 0 Å². The Morgan fingerprint density at radius 3 is 2.75 bits per heavy atom. The van der Waals surface area contributed by atoms with Gasteiger partial charge in [0.25, 0.3) is 5.56 Å². The summed E-state index contributed by atoms with van der Waals surface area (Å²) in [4.78, 5) is 32.2. The second-order valence-corrected chi connectivity index (χ2v) is 7.83. The summed E-state index contributed by atoms with van der Waals surface area (Å²) >= 11 is 1.40. The highest BCUT2D eigenvalue weighted by Gasteiger charge is 2.16. The lowest BCUT2D eigenvalue weighted by Crippen LogP contribution is -2.18. The van der Waals surface area contributed by atoms with Crippen molar-refractivity contribution in [2.24, 2.45) is 0 Å². The van der Waals surface area contributed by atoms with Crippen molar-refractivity contribution < 1.29 is 9.53 Å². The summed E-state index contributed by atoms with van der Waals surface area (Å²) < 4.78 is 7.15. The van der Waals surface area contributed by atoms with Crippen LogP contribution in [0.5, 0.6) is 5.75 Å². The highest BCUT2D eigenvalue weighted by Crippen LogP contribution is 2.24. The summed E-state index contributed by atoms with van der Waals surface area (Å²) in [6, 6.07) is 14.4. The monoisotopic (exact) mass is 450 g/mol. The molecule has 0 spiro atoms. The fraction of sp³-hybridized carbons (Fsp3) is 0.227. The summed E-state index contributed by atoms with van der Waals surface area (Å²) in [5.74, 6) is 1.91. The van der Waals surface area contributed by atoms with Gasteiger partial charge in [0.2, 0.25) is 5.91 Å². The Labute approximate surface area is 188 Å². The number of H-pyrrole nitrogens is 1. The van der Waals surface area contributed by atoms with E-state index in [1.54, 1.807) is 25.3 Å². The molecule has 0 fully saturated rings. The van der Waals surface area contributed by atoms with Crippen LogP contribution in [-0.4, -0.2) is 37.7 Å². The van der Waals surface area contributed by atoms with Crippen molar-refractivity contribution in [3.05, 3.63) is 70.5 Å². The Hall–Kier alpha value is -3.66. The number of nitrogens with zero attached hydrogens (tertiary/aromatic N) is 4. The number of nitrogens with one attached hydrogen (secondary N) is 2. The highest BCUT2D eigenvalue weighted by atomic mass is 32.2. The molecule has 9 nitrogen and oxygen atoms in total. The number of ether oxygens (including phenoxy) is 1.